The van der Waals surface area contributed by atoms with Crippen molar-refractivity contribution >= 4 is 5.91 Å². The molecule has 0 unspecified atom stereocenters. The summed E-state index contributed by atoms with van der Waals surface area (Å²) < 4.78 is 0. The molecule has 1 aromatic heterocycles. The summed E-state index contributed by atoms with van der Waals surface area (Å²) in [5.41, 5.74) is 2.82. The highest BCUT2D eigenvalue weighted by atomic mass is 16.1. The van der Waals surface area contributed by atoms with E-state index < -0.39 is 0 Å². The van der Waals surface area contributed by atoms with Gasteiger partial charge < -0.3 is 10.6 Å². The number of carbonyl (C=O) groups is 1. The standard InChI is InChI=1S/C17H21N3O/c1-18-12-9-14-6-2-3-8-16(14)17(21)20-13-10-15-7-4-5-11-19-15/h2-8,11,18H,9-10,12-13H2,1H3,(H,20,21). The second kappa shape index (κ2) is 8.17. The van der Waals surface area contributed by atoms with Gasteiger partial charge in [0.25, 0.3) is 5.91 Å². The summed E-state index contributed by atoms with van der Waals surface area (Å²) in [7, 11) is 1.91. The van der Waals surface area contributed by atoms with Crippen molar-refractivity contribution in [2.45, 2.75) is 12.8 Å². The van der Waals surface area contributed by atoms with Gasteiger partial charge in [0.15, 0.2) is 0 Å². The molecule has 1 aromatic carbocycles. The molecule has 0 fully saturated rings. The van der Waals surface area contributed by atoms with Crippen LogP contribution in [0.4, 0.5) is 0 Å². The number of likely N-dealkylation sites (N-methyl/N-ethyl adjacent to an activating group) is 1. The Morgan fingerprint density at radius 3 is 2.62 bits per heavy atom. The van der Waals surface area contributed by atoms with E-state index in [4.69, 9.17) is 0 Å². The average molecular weight is 283 g/mol. The molecule has 0 saturated carbocycles. The Bertz CT molecular complexity index is 569. The number of benzene rings is 1. The zero-order chi connectivity index (χ0) is 14.9. The van der Waals surface area contributed by atoms with Crippen LogP contribution in [0.15, 0.2) is 48.7 Å². The van der Waals surface area contributed by atoms with Crippen molar-refractivity contribution in [3.05, 3.63) is 65.5 Å². The average Bonchev–Trinajstić information content (AvgIpc) is 2.54. The van der Waals surface area contributed by atoms with E-state index in [2.05, 4.69) is 15.6 Å². The van der Waals surface area contributed by atoms with E-state index in [1.165, 1.54) is 0 Å². The Balaban J connectivity index is 1.91. The molecule has 0 radical (unpaired) electrons. The van der Waals surface area contributed by atoms with E-state index in [1.807, 2.05) is 49.5 Å². The Kier molecular flexibility index (Phi) is 5.91. The van der Waals surface area contributed by atoms with E-state index in [9.17, 15) is 4.79 Å². The van der Waals surface area contributed by atoms with Gasteiger partial charge in [-0.2, -0.15) is 0 Å². The molecule has 1 heterocycles. The zero-order valence-corrected chi connectivity index (χ0v) is 12.3. The van der Waals surface area contributed by atoms with Crippen LogP contribution in [-0.2, 0) is 12.8 Å². The van der Waals surface area contributed by atoms with Crippen LogP contribution < -0.4 is 10.6 Å². The molecule has 4 nitrogen and oxygen atoms in total. The van der Waals surface area contributed by atoms with Gasteiger partial charge in [-0.1, -0.05) is 24.3 Å². The molecule has 0 aliphatic carbocycles. The van der Waals surface area contributed by atoms with Gasteiger partial charge in [-0.3, -0.25) is 9.78 Å². The van der Waals surface area contributed by atoms with Crippen LogP contribution in [0, 0.1) is 0 Å². The quantitative estimate of drug-likeness (QED) is 0.815. The second-order valence-corrected chi connectivity index (χ2v) is 4.84. The number of hydrogen-bond acceptors (Lipinski definition) is 3. The summed E-state index contributed by atoms with van der Waals surface area (Å²) in [6, 6.07) is 13.6. The van der Waals surface area contributed by atoms with E-state index in [-0.39, 0.29) is 5.91 Å². The van der Waals surface area contributed by atoms with Crippen LogP contribution >= 0.6 is 0 Å². The molecular weight excluding hydrogens is 262 g/mol. The Hall–Kier alpha value is -2.20. The van der Waals surface area contributed by atoms with Crippen molar-refractivity contribution in [3.63, 3.8) is 0 Å². The third-order valence-corrected chi connectivity index (χ3v) is 3.30. The van der Waals surface area contributed by atoms with Gasteiger partial charge >= 0.3 is 0 Å². The fourth-order valence-corrected chi connectivity index (χ4v) is 2.16. The topological polar surface area (TPSA) is 54.0 Å². The minimum absolute atomic E-state index is 0.0161. The lowest BCUT2D eigenvalue weighted by molar-refractivity contribution is 0.0953. The predicted molar refractivity (Wildman–Crippen MR) is 84.3 cm³/mol. The Morgan fingerprint density at radius 2 is 1.86 bits per heavy atom. The van der Waals surface area contributed by atoms with Gasteiger partial charge in [-0.25, -0.2) is 0 Å². The van der Waals surface area contributed by atoms with Crippen molar-refractivity contribution in [1.82, 2.24) is 15.6 Å². The van der Waals surface area contributed by atoms with Gasteiger partial charge in [0.05, 0.1) is 0 Å². The molecule has 0 atom stereocenters. The van der Waals surface area contributed by atoms with E-state index >= 15 is 0 Å². The highest BCUT2D eigenvalue weighted by Crippen LogP contribution is 2.09. The first-order valence-electron chi connectivity index (χ1n) is 7.22. The molecule has 21 heavy (non-hydrogen) atoms. The van der Waals surface area contributed by atoms with Crippen LogP contribution in [0.2, 0.25) is 0 Å². The van der Waals surface area contributed by atoms with Crippen LogP contribution in [0.25, 0.3) is 0 Å². The first-order valence-corrected chi connectivity index (χ1v) is 7.22. The smallest absolute Gasteiger partial charge is 0.251 e. The maximum Gasteiger partial charge on any atom is 0.251 e. The fourth-order valence-electron chi connectivity index (χ4n) is 2.16. The third kappa shape index (κ3) is 4.68. The lowest BCUT2D eigenvalue weighted by atomic mass is 10.0. The molecule has 0 aliphatic heterocycles. The lowest BCUT2D eigenvalue weighted by Gasteiger charge is -2.10. The molecule has 110 valence electrons. The number of aromatic nitrogens is 1. The summed E-state index contributed by atoms with van der Waals surface area (Å²) in [6.07, 6.45) is 3.36. The number of amides is 1. The minimum Gasteiger partial charge on any atom is -0.352 e. The van der Waals surface area contributed by atoms with Crippen molar-refractivity contribution < 1.29 is 4.79 Å². The molecule has 2 aromatic rings. The normalized spacial score (nSPS) is 10.3. The van der Waals surface area contributed by atoms with Gasteiger partial charge in [0.2, 0.25) is 0 Å². The summed E-state index contributed by atoms with van der Waals surface area (Å²) in [4.78, 5) is 16.5. The molecule has 0 aliphatic rings. The largest absolute Gasteiger partial charge is 0.352 e. The molecule has 0 spiro atoms. The molecular formula is C17H21N3O. The molecule has 0 saturated heterocycles. The molecule has 2 rings (SSSR count). The monoisotopic (exact) mass is 283 g/mol. The molecule has 0 bridgehead atoms. The fraction of sp³-hybridized carbons (Fsp3) is 0.294. The van der Waals surface area contributed by atoms with Crippen LogP contribution in [-0.4, -0.2) is 31.0 Å². The van der Waals surface area contributed by atoms with Crippen molar-refractivity contribution in [3.8, 4) is 0 Å². The maximum atomic E-state index is 12.3. The summed E-state index contributed by atoms with van der Waals surface area (Å²) in [5, 5.41) is 6.07. The van der Waals surface area contributed by atoms with Gasteiger partial charge in [0.1, 0.15) is 0 Å². The SMILES string of the molecule is CNCCc1ccccc1C(=O)NCCc1ccccn1. The second-order valence-electron chi connectivity index (χ2n) is 4.84. The Morgan fingerprint density at radius 1 is 1.05 bits per heavy atom. The van der Waals surface area contributed by atoms with Gasteiger partial charge in [-0.15, -0.1) is 0 Å². The van der Waals surface area contributed by atoms with E-state index in [0.717, 1.165) is 36.2 Å². The van der Waals surface area contributed by atoms with Gasteiger partial charge in [0, 0.05) is 30.4 Å². The lowest BCUT2D eigenvalue weighted by Crippen LogP contribution is -2.27. The summed E-state index contributed by atoms with van der Waals surface area (Å²) >= 11 is 0. The van der Waals surface area contributed by atoms with Crippen LogP contribution in [0.3, 0.4) is 0 Å². The highest BCUT2D eigenvalue weighted by molar-refractivity contribution is 5.95. The van der Waals surface area contributed by atoms with E-state index in [0.29, 0.717) is 6.54 Å². The summed E-state index contributed by atoms with van der Waals surface area (Å²) in [6.45, 7) is 1.45. The summed E-state index contributed by atoms with van der Waals surface area (Å²) in [5.74, 6) is -0.0161. The first-order chi connectivity index (χ1) is 10.3. The van der Waals surface area contributed by atoms with Crippen molar-refractivity contribution in [2.75, 3.05) is 20.1 Å². The number of nitrogens with one attached hydrogen (secondary N) is 2. The maximum absolute atomic E-state index is 12.3. The third-order valence-electron chi connectivity index (χ3n) is 3.30. The van der Waals surface area contributed by atoms with E-state index in [1.54, 1.807) is 6.20 Å². The van der Waals surface area contributed by atoms with Crippen LogP contribution in [0.1, 0.15) is 21.6 Å². The molecule has 4 heteroatoms. The highest BCUT2D eigenvalue weighted by Gasteiger charge is 2.09. The molecule has 2 N–H and O–H groups in total. The van der Waals surface area contributed by atoms with Crippen molar-refractivity contribution in [2.24, 2.45) is 0 Å². The number of carbonyl (C=O) groups excluding carboxylic acids is 1. The number of rotatable bonds is 7. The zero-order valence-electron chi connectivity index (χ0n) is 12.3. The minimum atomic E-state index is -0.0161. The number of pyridine rings is 1. The Labute approximate surface area is 125 Å². The number of nitrogens with zero attached hydrogens (tertiary/aromatic N) is 1. The predicted octanol–water partition coefficient (Wildman–Crippen LogP) is 1.82. The number of hydrogen-bond donors (Lipinski definition) is 2. The van der Waals surface area contributed by atoms with Crippen LogP contribution in [0.5, 0.6) is 0 Å². The first kappa shape index (κ1) is 15.2. The van der Waals surface area contributed by atoms with Gasteiger partial charge in [-0.05, 0) is 43.8 Å². The molecule has 1 amide bonds. The van der Waals surface area contributed by atoms with Crippen molar-refractivity contribution in [1.29, 1.82) is 0 Å².